The second-order valence-electron chi connectivity index (χ2n) is 5.50. The molecule has 0 aromatic carbocycles. The molecule has 1 aromatic rings. The molecule has 3 rings (SSSR count). The van der Waals surface area contributed by atoms with Crippen LogP contribution in [-0.4, -0.2) is 29.1 Å². The highest BCUT2D eigenvalue weighted by atomic mass is 16.4. The highest BCUT2D eigenvalue weighted by Gasteiger charge is 2.32. The van der Waals surface area contributed by atoms with Crippen LogP contribution in [0.25, 0.3) is 0 Å². The first-order valence-electron chi connectivity index (χ1n) is 6.78. The van der Waals surface area contributed by atoms with Crippen molar-refractivity contribution in [3.05, 3.63) is 24.2 Å². The molecule has 1 N–H and O–H groups in total. The van der Waals surface area contributed by atoms with Crippen molar-refractivity contribution in [2.45, 2.75) is 44.2 Å². The van der Waals surface area contributed by atoms with Gasteiger partial charge in [-0.25, -0.2) is 0 Å². The Morgan fingerprint density at radius 1 is 1.41 bits per heavy atom. The topological polar surface area (TPSA) is 36.6 Å². The zero-order valence-corrected chi connectivity index (χ0v) is 10.2. The summed E-state index contributed by atoms with van der Waals surface area (Å²) in [6.45, 7) is 2.46. The SMILES string of the molecule is O[C@H](C[C@@H]1CCCN1CC1CC1)c1ccco1. The zero-order valence-electron chi connectivity index (χ0n) is 10.2. The van der Waals surface area contributed by atoms with Crippen LogP contribution in [0.4, 0.5) is 0 Å². The number of hydrogen-bond acceptors (Lipinski definition) is 3. The average Bonchev–Trinajstić information content (AvgIpc) is 2.81. The van der Waals surface area contributed by atoms with Crippen molar-refractivity contribution in [1.82, 2.24) is 4.90 Å². The minimum Gasteiger partial charge on any atom is -0.467 e. The van der Waals surface area contributed by atoms with Crippen LogP contribution >= 0.6 is 0 Å². The maximum atomic E-state index is 10.1. The molecule has 0 unspecified atom stereocenters. The Kier molecular flexibility index (Phi) is 3.21. The van der Waals surface area contributed by atoms with Crippen molar-refractivity contribution in [3.8, 4) is 0 Å². The molecule has 2 aliphatic rings. The van der Waals surface area contributed by atoms with Gasteiger partial charge in [-0.3, -0.25) is 4.90 Å². The highest BCUT2D eigenvalue weighted by Crippen LogP contribution is 2.34. The Morgan fingerprint density at radius 2 is 2.29 bits per heavy atom. The van der Waals surface area contributed by atoms with Gasteiger partial charge in [-0.15, -0.1) is 0 Å². The van der Waals surface area contributed by atoms with Gasteiger partial charge >= 0.3 is 0 Å². The summed E-state index contributed by atoms with van der Waals surface area (Å²) in [6, 6.07) is 4.26. The zero-order chi connectivity index (χ0) is 11.7. The summed E-state index contributed by atoms with van der Waals surface area (Å²) in [7, 11) is 0. The molecule has 1 saturated heterocycles. The van der Waals surface area contributed by atoms with Crippen LogP contribution in [0.2, 0.25) is 0 Å². The van der Waals surface area contributed by atoms with Gasteiger partial charge in [0.15, 0.2) is 0 Å². The van der Waals surface area contributed by atoms with Crippen LogP contribution in [0.5, 0.6) is 0 Å². The fourth-order valence-corrected chi connectivity index (χ4v) is 2.89. The summed E-state index contributed by atoms with van der Waals surface area (Å²) in [5.41, 5.74) is 0. The molecule has 2 heterocycles. The van der Waals surface area contributed by atoms with Crippen molar-refractivity contribution in [3.63, 3.8) is 0 Å². The van der Waals surface area contributed by atoms with E-state index in [4.69, 9.17) is 4.42 Å². The van der Waals surface area contributed by atoms with Crippen LogP contribution in [0.15, 0.2) is 22.8 Å². The van der Waals surface area contributed by atoms with Crippen LogP contribution in [-0.2, 0) is 0 Å². The van der Waals surface area contributed by atoms with Gasteiger partial charge in [0.2, 0.25) is 0 Å². The normalized spacial score (nSPS) is 27.5. The lowest BCUT2D eigenvalue weighted by molar-refractivity contribution is 0.100. The fraction of sp³-hybridized carbons (Fsp3) is 0.714. The van der Waals surface area contributed by atoms with E-state index in [9.17, 15) is 5.11 Å². The minimum atomic E-state index is -0.435. The van der Waals surface area contributed by atoms with Gasteiger partial charge < -0.3 is 9.52 Å². The van der Waals surface area contributed by atoms with Crippen molar-refractivity contribution < 1.29 is 9.52 Å². The standard InChI is InChI=1S/C14H21NO2/c16-13(14-4-2-8-17-14)9-12-3-1-7-15(12)10-11-5-6-11/h2,4,8,11-13,16H,1,3,5-7,9-10H2/t12-,13+/m0/s1. The summed E-state index contributed by atoms with van der Waals surface area (Å²) < 4.78 is 5.27. The number of furan rings is 1. The Balaban J connectivity index is 1.55. The maximum absolute atomic E-state index is 10.1. The molecule has 1 aliphatic carbocycles. The molecule has 1 saturated carbocycles. The van der Waals surface area contributed by atoms with E-state index < -0.39 is 6.10 Å². The molecule has 17 heavy (non-hydrogen) atoms. The summed E-state index contributed by atoms with van der Waals surface area (Å²) in [5, 5.41) is 10.1. The van der Waals surface area contributed by atoms with Gasteiger partial charge in [-0.05, 0) is 56.7 Å². The van der Waals surface area contributed by atoms with Crippen molar-refractivity contribution >= 4 is 0 Å². The van der Waals surface area contributed by atoms with Crippen molar-refractivity contribution in [2.24, 2.45) is 5.92 Å². The van der Waals surface area contributed by atoms with E-state index in [1.807, 2.05) is 12.1 Å². The number of nitrogens with zero attached hydrogens (tertiary/aromatic N) is 1. The first-order chi connectivity index (χ1) is 8.33. The van der Waals surface area contributed by atoms with E-state index >= 15 is 0 Å². The van der Waals surface area contributed by atoms with E-state index in [0.717, 1.165) is 12.3 Å². The third-order valence-electron chi connectivity index (χ3n) is 4.06. The predicted octanol–water partition coefficient (Wildman–Crippen LogP) is 2.58. The van der Waals surface area contributed by atoms with Gasteiger partial charge in [0.1, 0.15) is 11.9 Å². The third kappa shape index (κ3) is 2.72. The van der Waals surface area contributed by atoms with E-state index in [0.29, 0.717) is 11.8 Å². The molecule has 3 nitrogen and oxygen atoms in total. The van der Waals surface area contributed by atoms with Crippen LogP contribution in [0.1, 0.15) is 44.0 Å². The molecule has 1 aromatic heterocycles. The third-order valence-corrected chi connectivity index (χ3v) is 4.06. The maximum Gasteiger partial charge on any atom is 0.132 e. The minimum absolute atomic E-state index is 0.435. The number of aliphatic hydroxyl groups is 1. The Hall–Kier alpha value is -0.800. The Bertz CT molecular complexity index is 345. The molecule has 1 aliphatic heterocycles. The second-order valence-corrected chi connectivity index (χ2v) is 5.50. The summed E-state index contributed by atoms with van der Waals surface area (Å²) in [4.78, 5) is 2.57. The molecule has 3 heteroatoms. The Labute approximate surface area is 102 Å². The van der Waals surface area contributed by atoms with Crippen molar-refractivity contribution in [2.75, 3.05) is 13.1 Å². The lowest BCUT2D eigenvalue weighted by Crippen LogP contribution is -2.32. The van der Waals surface area contributed by atoms with Crippen molar-refractivity contribution in [1.29, 1.82) is 0 Å². The molecule has 0 bridgehead atoms. The summed E-state index contributed by atoms with van der Waals surface area (Å²) >= 11 is 0. The fourth-order valence-electron chi connectivity index (χ4n) is 2.89. The molecule has 0 radical (unpaired) electrons. The molecular formula is C14H21NO2. The summed E-state index contributed by atoms with van der Waals surface area (Å²) in [5.74, 6) is 1.65. The number of hydrogen-bond donors (Lipinski definition) is 1. The molecular weight excluding hydrogens is 214 g/mol. The average molecular weight is 235 g/mol. The highest BCUT2D eigenvalue weighted by molar-refractivity contribution is 5.03. The second kappa shape index (κ2) is 4.83. The molecule has 0 amide bonds. The monoisotopic (exact) mass is 235 g/mol. The van der Waals surface area contributed by atoms with E-state index in [2.05, 4.69) is 4.90 Å². The lowest BCUT2D eigenvalue weighted by Gasteiger charge is -2.25. The Morgan fingerprint density at radius 3 is 3.00 bits per heavy atom. The number of likely N-dealkylation sites (tertiary alicyclic amines) is 1. The molecule has 0 spiro atoms. The summed E-state index contributed by atoms with van der Waals surface area (Å²) in [6.07, 6.45) is 7.34. The quantitative estimate of drug-likeness (QED) is 0.852. The molecule has 2 fully saturated rings. The van der Waals surface area contributed by atoms with E-state index in [1.54, 1.807) is 6.26 Å². The lowest BCUT2D eigenvalue weighted by atomic mass is 10.1. The van der Waals surface area contributed by atoms with E-state index in [-0.39, 0.29) is 0 Å². The smallest absolute Gasteiger partial charge is 0.132 e. The first-order valence-corrected chi connectivity index (χ1v) is 6.78. The van der Waals surface area contributed by atoms with Gasteiger partial charge in [-0.2, -0.15) is 0 Å². The number of rotatable bonds is 5. The van der Waals surface area contributed by atoms with E-state index in [1.165, 1.54) is 38.8 Å². The van der Waals surface area contributed by atoms with Crippen LogP contribution in [0.3, 0.4) is 0 Å². The molecule has 94 valence electrons. The predicted molar refractivity (Wildman–Crippen MR) is 65.6 cm³/mol. The van der Waals surface area contributed by atoms with Gasteiger partial charge in [0.05, 0.1) is 6.26 Å². The van der Waals surface area contributed by atoms with Gasteiger partial charge in [0.25, 0.3) is 0 Å². The largest absolute Gasteiger partial charge is 0.467 e. The van der Waals surface area contributed by atoms with Gasteiger partial charge in [0, 0.05) is 12.6 Å². The first kappa shape index (κ1) is 11.3. The van der Waals surface area contributed by atoms with Crippen LogP contribution < -0.4 is 0 Å². The number of aliphatic hydroxyl groups excluding tert-OH is 1. The van der Waals surface area contributed by atoms with Gasteiger partial charge in [-0.1, -0.05) is 0 Å². The van der Waals surface area contributed by atoms with Crippen LogP contribution in [0, 0.1) is 5.92 Å². The molecule has 2 atom stereocenters.